The second-order valence-electron chi connectivity index (χ2n) is 7.53. The third-order valence-corrected chi connectivity index (χ3v) is 5.90. The number of carbonyl (C=O) groups excluding carboxylic acids is 1. The SMILES string of the molecule is CC(C)N1CCC2C(CCN2C(=O)[C@@H]2N[C@H]2C2CC2)C1. The molecule has 0 aromatic heterocycles. The van der Waals surface area contributed by atoms with Gasteiger partial charge in [0.2, 0.25) is 5.91 Å². The smallest absolute Gasteiger partial charge is 0.241 e. The van der Waals surface area contributed by atoms with Crippen LogP contribution in [0.1, 0.15) is 39.5 Å². The molecule has 1 aliphatic carbocycles. The molecule has 0 spiro atoms. The molecule has 4 atom stereocenters. The number of likely N-dealkylation sites (tertiary alicyclic amines) is 2. The largest absolute Gasteiger partial charge is 0.338 e. The molecule has 4 nitrogen and oxygen atoms in total. The van der Waals surface area contributed by atoms with Crippen LogP contribution >= 0.6 is 0 Å². The molecule has 3 heterocycles. The Labute approximate surface area is 121 Å². The van der Waals surface area contributed by atoms with Crippen LogP contribution in [-0.2, 0) is 4.79 Å². The molecule has 1 N–H and O–H groups in total. The van der Waals surface area contributed by atoms with Crippen molar-refractivity contribution in [2.24, 2.45) is 11.8 Å². The van der Waals surface area contributed by atoms with E-state index in [9.17, 15) is 4.79 Å². The molecule has 4 heteroatoms. The maximum Gasteiger partial charge on any atom is 0.241 e. The molecule has 4 fully saturated rings. The highest BCUT2D eigenvalue weighted by Crippen LogP contribution is 2.41. The van der Waals surface area contributed by atoms with Gasteiger partial charge < -0.3 is 9.80 Å². The third-order valence-electron chi connectivity index (χ3n) is 5.90. The Morgan fingerprint density at radius 3 is 2.60 bits per heavy atom. The van der Waals surface area contributed by atoms with E-state index in [2.05, 4.69) is 29.0 Å². The van der Waals surface area contributed by atoms with E-state index >= 15 is 0 Å². The predicted octanol–water partition coefficient (Wildman–Crippen LogP) is 1.07. The van der Waals surface area contributed by atoms with Gasteiger partial charge in [0.15, 0.2) is 0 Å². The van der Waals surface area contributed by atoms with Crippen molar-refractivity contribution in [1.29, 1.82) is 0 Å². The van der Waals surface area contributed by atoms with E-state index in [0.29, 0.717) is 30.0 Å². The molecule has 0 aromatic carbocycles. The van der Waals surface area contributed by atoms with Crippen LogP contribution in [-0.4, -0.2) is 59.5 Å². The molecule has 20 heavy (non-hydrogen) atoms. The van der Waals surface area contributed by atoms with Gasteiger partial charge in [0.1, 0.15) is 6.04 Å². The van der Waals surface area contributed by atoms with Crippen LogP contribution < -0.4 is 5.32 Å². The Morgan fingerprint density at radius 2 is 1.90 bits per heavy atom. The highest BCUT2D eigenvalue weighted by Gasteiger charge is 2.54. The quantitative estimate of drug-likeness (QED) is 0.785. The van der Waals surface area contributed by atoms with E-state index in [1.165, 1.54) is 32.2 Å². The summed E-state index contributed by atoms with van der Waals surface area (Å²) in [6.45, 7) is 7.91. The van der Waals surface area contributed by atoms with Gasteiger partial charge in [0.05, 0.1) is 0 Å². The normalized spacial score (nSPS) is 41.0. The van der Waals surface area contributed by atoms with E-state index in [-0.39, 0.29) is 6.04 Å². The lowest BCUT2D eigenvalue weighted by atomic mass is 9.92. The number of nitrogens with one attached hydrogen (secondary N) is 1. The van der Waals surface area contributed by atoms with Gasteiger partial charge in [-0.1, -0.05) is 0 Å². The molecular weight excluding hydrogens is 250 g/mol. The molecule has 1 amide bonds. The highest BCUT2D eigenvalue weighted by molar-refractivity contribution is 5.86. The second kappa shape index (κ2) is 4.70. The average Bonchev–Trinajstić information content (AvgIpc) is 3.31. The number of carbonyl (C=O) groups is 1. The second-order valence-corrected chi connectivity index (χ2v) is 7.53. The van der Waals surface area contributed by atoms with Crippen LogP contribution in [0.5, 0.6) is 0 Å². The van der Waals surface area contributed by atoms with Crippen molar-refractivity contribution in [2.45, 2.75) is 63.7 Å². The first-order chi connectivity index (χ1) is 9.65. The van der Waals surface area contributed by atoms with Gasteiger partial charge in [0.25, 0.3) is 0 Å². The van der Waals surface area contributed by atoms with Gasteiger partial charge >= 0.3 is 0 Å². The lowest BCUT2D eigenvalue weighted by molar-refractivity contribution is -0.132. The zero-order valence-electron chi connectivity index (χ0n) is 12.7. The van der Waals surface area contributed by atoms with Crippen molar-refractivity contribution in [2.75, 3.05) is 19.6 Å². The number of nitrogens with zero attached hydrogens (tertiary/aromatic N) is 2. The number of hydrogen-bond acceptors (Lipinski definition) is 3. The number of hydrogen-bond donors (Lipinski definition) is 1. The molecule has 3 saturated heterocycles. The maximum atomic E-state index is 12.7. The predicted molar refractivity (Wildman–Crippen MR) is 78.4 cm³/mol. The topological polar surface area (TPSA) is 45.5 Å². The number of piperidine rings is 1. The van der Waals surface area contributed by atoms with Gasteiger partial charge in [-0.05, 0) is 51.4 Å². The summed E-state index contributed by atoms with van der Waals surface area (Å²) in [6.07, 6.45) is 5.05. The summed E-state index contributed by atoms with van der Waals surface area (Å²) < 4.78 is 0. The lowest BCUT2D eigenvalue weighted by Gasteiger charge is -2.39. The van der Waals surface area contributed by atoms with Crippen molar-refractivity contribution in [3.05, 3.63) is 0 Å². The van der Waals surface area contributed by atoms with Gasteiger partial charge in [-0.2, -0.15) is 0 Å². The molecule has 4 rings (SSSR count). The Hall–Kier alpha value is -0.610. The van der Waals surface area contributed by atoms with Crippen LogP contribution in [0.3, 0.4) is 0 Å². The first-order valence-electron chi connectivity index (χ1n) is 8.45. The number of rotatable bonds is 3. The summed E-state index contributed by atoms with van der Waals surface area (Å²) >= 11 is 0. The first kappa shape index (κ1) is 13.1. The van der Waals surface area contributed by atoms with E-state index in [4.69, 9.17) is 0 Å². The van der Waals surface area contributed by atoms with Gasteiger partial charge in [-0.3, -0.25) is 10.1 Å². The fraction of sp³-hybridized carbons (Fsp3) is 0.938. The van der Waals surface area contributed by atoms with E-state index in [1.807, 2.05) is 0 Å². The third kappa shape index (κ3) is 2.17. The van der Waals surface area contributed by atoms with Crippen molar-refractivity contribution in [3.63, 3.8) is 0 Å². The fourth-order valence-corrected chi connectivity index (χ4v) is 4.37. The minimum atomic E-state index is 0.171. The number of amides is 1. The lowest BCUT2D eigenvalue weighted by Crippen LogP contribution is -2.50. The minimum absolute atomic E-state index is 0.171. The minimum Gasteiger partial charge on any atom is -0.338 e. The van der Waals surface area contributed by atoms with Crippen molar-refractivity contribution >= 4 is 5.91 Å². The van der Waals surface area contributed by atoms with Gasteiger partial charge in [-0.25, -0.2) is 0 Å². The van der Waals surface area contributed by atoms with Gasteiger partial charge in [-0.15, -0.1) is 0 Å². The molecule has 4 aliphatic rings. The standard InChI is InChI=1S/C16H27N3O/c1-10(2)18-7-6-13-12(9-18)5-8-19(13)16(20)15-14(17-15)11-3-4-11/h10-15,17H,3-9H2,1-2H3/t12?,13?,14-,15+/m0/s1. The molecule has 0 radical (unpaired) electrons. The maximum absolute atomic E-state index is 12.7. The molecule has 112 valence electrons. The summed E-state index contributed by atoms with van der Waals surface area (Å²) in [6, 6.07) is 1.87. The summed E-state index contributed by atoms with van der Waals surface area (Å²) in [5.41, 5.74) is 0. The van der Waals surface area contributed by atoms with E-state index < -0.39 is 0 Å². The van der Waals surface area contributed by atoms with Crippen LogP contribution in [0.2, 0.25) is 0 Å². The molecule has 0 aromatic rings. The number of fused-ring (bicyclic) bond motifs is 1. The average molecular weight is 277 g/mol. The zero-order chi connectivity index (χ0) is 13.9. The monoisotopic (exact) mass is 277 g/mol. The van der Waals surface area contributed by atoms with E-state index in [1.54, 1.807) is 0 Å². The summed E-state index contributed by atoms with van der Waals surface area (Å²) in [5, 5.41) is 3.43. The first-order valence-corrected chi connectivity index (χ1v) is 8.45. The van der Waals surface area contributed by atoms with Crippen LogP contribution in [0.4, 0.5) is 0 Å². The highest BCUT2D eigenvalue weighted by atomic mass is 16.2. The molecular formula is C16H27N3O. The Morgan fingerprint density at radius 1 is 1.10 bits per heavy atom. The van der Waals surface area contributed by atoms with Crippen molar-refractivity contribution in [3.8, 4) is 0 Å². The zero-order valence-corrected chi connectivity index (χ0v) is 12.7. The van der Waals surface area contributed by atoms with Gasteiger partial charge in [0, 0.05) is 37.8 Å². The van der Waals surface area contributed by atoms with Crippen molar-refractivity contribution in [1.82, 2.24) is 15.1 Å². The summed E-state index contributed by atoms with van der Waals surface area (Å²) in [5.74, 6) is 1.94. The molecule has 1 saturated carbocycles. The Kier molecular flexibility index (Phi) is 3.08. The Bertz CT molecular complexity index is 407. The molecule has 2 unspecified atom stereocenters. The fourth-order valence-electron chi connectivity index (χ4n) is 4.37. The van der Waals surface area contributed by atoms with E-state index in [0.717, 1.165) is 19.0 Å². The van der Waals surface area contributed by atoms with Crippen LogP contribution in [0, 0.1) is 11.8 Å². The summed E-state index contributed by atoms with van der Waals surface area (Å²) in [7, 11) is 0. The summed E-state index contributed by atoms with van der Waals surface area (Å²) in [4.78, 5) is 17.5. The Balaban J connectivity index is 1.38. The van der Waals surface area contributed by atoms with Crippen LogP contribution in [0.25, 0.3) is 0 Å². The van der Waals surface area contributed by atoms with Crippen LogP contribution in [0.15, 0.2) is 0 Å². The molecule has 3 aliphatic heterocycles. The molecule has 0 bridgehead atoms. The van der Waals surface area contributed by atoms with Crippen molar-refractivity contribution < 1.29 is 4.79 Å².